The third-order valence-electron chi connectivity index (χ3n) is 4.19. The lowest BCUT2D eigenvalue weighted by Crippen LogP contribution is -2.18. The molecule has 1 heterocycles. The van der Waals surface area contributed by atoms with E-state index >= 15 is 0 Å². The van der Waals surface area contributed by atoms with Gasteiger partial charge in [-0.3, -0.25) is 9.59 Å². The van der Waals surface area contributed by atoms with E-state index in [1.54, 1.807) is 55.6 Å². The molecule has 1 aliphatic rings. The molecule has 6 heteroatoms. The Balaban J connectivity index is 1.58. The van der Waals surface area contributed by atoms with E-state index in [0.29, 0.717) is 29.2 Å². The highest BCUT2D eigenvalue weighted by atomic mass is 16.5. The van der Waals surface area contributed by atoms with Crippen LogP contribution in [0.3, 0.4) is 0 Å². The molecule has 0 spiro atoms. The van der Waals surface area contributed by atoms with Gasteiger partial charge < -0.3 is 20.1 Å². The highest BCUT2D eigenvalue weighted by molar-refractivity contribution is 6.05. The van der Waals surface area contributed by atoms with Crippen LogP contribution in [0.25, 0.3) is 0 Å². The summed E-state index contributed by atoms with van der Waals surface area (Å²) >= 11 is 0. The van der Waals surface area contributed by atoms with Crippen LogP contribution in [0.1, 0.15) is 33.6 Å². The average Bonchev–Trinajstić information content (AvgIpc) is 3.20. The summed E-state index contributed by atoms with van der Waals surface area (Å²) in [6.07, 6.45) is 2.26. The SMILES string of the molecule is CNC(=O)c1cccc(NC(=O)c2ccc(OCC3CCCO3)cc2)c1. The Morgan fingerprint density at radius 3 is 2.62 bits per heavy atom. The van der Waals surface area contributed by atoms with Gasteiger partial charge in [0.2, 0.25) is 0 Å². The Morgan fingerprint density at radius 2 is 1.92 bits per heavy atom. The molecule has 1 saturated heterocycles. The minimum absolute atomic E-state index is 0.158. The van der Waals surface area contributed by atoms with Crippen molar-refractivity contribution >= 4 is 17.5 Å². The number of benzene rings is 2. The second kappa shape index (κ2) is 8.49. The van der Waals surface area contributed by atoms with Crippen molar-refractivity contribution in [2.24, 2.45) is 0 Å². The molecule has 6 nitrogen and oxygen atoms in total. The highest BCUT2D eigenvalue weighted by Gasteiger charge is 2.16. The number of hydrogen-bond acceptors (Lipinski definition) is 4. The fourth-order valence-electron chi connectivity index (χ4n) is 2.75. The summed E-state index contributed by atoms with van der Waals surface area (Å²) in [5.74, 6) is 0.261. The van der Waals surface area contributed by atoms with Gasteiger partial charge in [-0.25, -0.2) is 0 Å². The Bertz CT molecular complexity index is 768. The molecule has 136 valence electrons. The van der Waals surface area contributed by atoms with Gasteiger partial charge in [0.25, 0.3) is 11.8 Å². The van der Waals surface area contributed by atoms with Gasteiger partial charge in [0, 0.05) is 30.5 Å². The van der Waals surface area contributed by atoms with Crippen molar-refractivity contribution < 1.29 is 19.1 Å². The van der Waals surface area contributed by atoms with Crippen molar-refractivity contribution in [2.45, 2.75) is 18.9 Å². The molecule has 1 atom stereocenters. The van der Waals surface area contributed by atoms with Gasteiger partial charge in [-0.2, -0.15) is 0 Å². The molecule has 0 saturated carbocycles. The van der Waals surface area contributed by atoms with Crippen molar-refractivity contribution in [1.29, 1.82) is 0 Å². The highest BCUT2D eigenvalue weighted by Crippen LogP contribution is 2.18. The minimum atomic E-state index is -0.246. The molecule has 1 fully saturated rings. The molecular formula is C20H22N2O4. The van der Waals surface area contributed by atoms with Crippen LogP contribution in [-0.2, 0) is 4.74 Å². The topological polar surface area (TPSA) is 76.7 Å². The summed E-state index contributed by atoms with van der Waals surface area (Å²) < 4.78 is 11.2. The smallest absolute Gasteiger partial charge is 0.255 e. The van der Waals surface area contributed by atoms with Crippen molar-refractivity contribution in [1.82, 2.24) is 5.32 Å². The normalized spacial score (nSPS) is 16.1. The van der Waals surface area contributed by atoms with Gasteiger partial charge in [0.15, 0.2) is 0 Å². The Hall–Kier alpha value is -2.86. The first-order chi connectivity index (χ1) is 12.7. The maximum absolute atomic E-state index is 12.4. The summed E-state index contributed by atoms with van der Waals surface area (Å²) in [7, 11) is 1.57. The Morgan fingerprint density at radius 1 is 1.12 bits per heavy atom. The van der Waals surface area contributed by atoms with Crippen LogP contribution < -0.4 is 15.4 Å². The van der Waals surface area contributed by atoms with E-state index in [1.807, 2.05) is 0 Å². The molecule has 0 radical (unpaired) electrons. The van der Waals surface area contributed by atoms with Crippen LogP contribution in [0.2, 0.25) is 0 Å². The van der Waals surface area contributed by atoms with Crippen LogP contribution in [-0.4, -0.2) is 38.2 Å². The molecule has 0 bridgehead atoms. The number of hydrogen-bond donors (Lipinski definition) is 2. The van der Waals surface area contributed by atoms with Crippen LogP contribution in [0.15, 0.2) is 48.5 Å². The lowest BCUT2D eigenvalue weighted by molar-refractivity contribution is 0.0679. The van der Waals surface area contributed by atoms with Gasteiger partial charge in [-0.1, -0.05) is 6.07 Å². The van der Waals surface area contributed by atoms with E-state index in [4.69, 9.17) is 9.47 Å². The quantitative estimate of drug-likeness (QED) is 0.836. The second-order valence-electron chi connectivity index (χ2n) is 6.08. The van der Waals surface area contributed by atoms with E-state index in [2.05, 4.69) is 10.6 Å². The predicted octanol–water partition coefficient (Wildman–Crippen LogP) is 2.86. The van der Waals surface area contributed by atoms with Crippen molar-refractivity contribution in [3.8, 4) is 5.75 Å². The third-order valence-corrected chi connectivity index (χ3v) is 4.19. The zero-order valence-electron chi connectivity index (χ0n) is 14.7. The van der Waals surface area contributed by atoms with Gasteiger partial charge in [0.1, 0.15) is 12.4 Å². The van der Waals surface area contributed by atoms with Crippen LogP contribution in [0.4, 0.5) is 5.69 Å². The predicted molar refractivity (Wildman–Crippen MR) is 98.7 cm³/mol. The maximum atomic E-state index is 12.4. The van der Waals surface area contributed by atoms with Crippen LogP contribution in [0, 0.1) is 0 Å². The average molecular weight is 354 g/mol. The lowest BCUT2D eigenvalue weighted by Gasteiger charge is -2.12. The molecule has 2 aromatic rings. The van der Waals surface area contributed by atoms with E-state index < -0.39 is 0 Å². The van der Waals surface area contributed by atoms with Crippen molar-refractivity contribution in [3.63, 3.8) is 0 Å². The lowest BCUT2D eigenvalue weighted by atomic mass is 10.1. The Kier molecular flexibility index (Phi) is 5.86. The van der Waals surface area contributed by atoms with E-state index in [1.165, 1.54) is 0 Å². The molecule has 1 aliphatic heterocycles. The number of carbonyl (C=O) groups excluding carboxylic acids is 2. The van der Waals surface area contributed by atoms with E-state index in [-0.39, 0.29) is 17.9 Å². The number of rotatable bonds is 6. The monoisotopic (exact) mass is 354 g/mol. The zero-order chi connectivity index (χ0) is 18.4. The van der Waals surface area contributed by atoms with Gasteiger partial charge in [0.05, 0.1) is 6.10 Å². The minimum Gasteiger partial charge on any atom is -0.491 e. The molecule has 1 unspecified atom stereocenters. The maximum Gasteiger partial charge on any atom is 0.255 e. The molecule has 3 rings (SSSR count). The second-order valence-corrected chi connectivity index (χ2v) is 6.08. The van der Waals surface area contributed by atoms with E-state index in [9.17, 15) is 9.59 Å². The largest absolute Gasteiger partial charge is 0.491 e. The van der Waals surface area contributed by atoms with Crippen molar-refractivity contribution in [3.05, 3.63) is 59.7 Å². The first kappa shape index (κ1) is 17.9. The Labute approximate surface area is 152 Å². The fraction of sp³-hybridized carbons (Fsp3) is 0.300. The first-order valence-electron chi connectivity index (χ1n) is 8.63. The molecular weight excluding hydrogens is 332 g/mol. The van der Waals surface area contributed by atoms with Crippen molar-refractivity contribution in [2.75, 3.05) is 25.6 Å². The van der Waals surface area contributed by atoms with Gasteiger partial charge >= 0.3 is 0 Å². The van der Waals surface area contributed by atoms with Gasteiger partial charge in [-0.05, 0) is 55.3 Å². The summed E-state index contributed by atoms with van der Waals surface area (Å²) in [5, 5.41) is 5.35. The molecule has 26 heavy (non-hydrogen) atoms. The summed E-state index contributed by atoms with van der Waals surface area (Å²) in [5.41, 5.74) is 1.57. The summed E-state index contributed by atoms with van der Waals surface area (Å²) in [6, 6.07) is 13.7. The van der Waals surface area contributed by atoms with E-state index in [0.717, 1.165) is 19.4 Å². The fourth-order valence-corrected chi connectivity index (χ4v) is 2.75. The zero-order valence-corrected chi connectivity index (χ0v) is 14.7. The number of nitrogens with one attached hydrogen (secondary N) is 2. The number of anilines is 1. The van der Waals surface area contributed by atoms with Crippen LogP contribution >= 0.6 is 0 Å². The summed E-state index contributed by atoms with van der Waals surface area (Å²) in [6.45, 7) is 1.33. The first-order valence-corrected chi connectivity index (χ1v) is 8.63. The number of carbonyl (C=O) groups is 2. The standard InChI is InChI=1S/C20H22N2O4/c1-21-19(23)15-4-2-5-16(12-15)22-20(24)14-7-9-17(10-8-14)26-13-18-6-3-11-25-18/h2,4-5,7-10,12,18H,3,6,11,13H2,1H3,(H,21,23)(H,22,24). The molecule has 2 aromatic carbocycles. The summed E-state index contributed by atoms with van der Waals surface area (Å²) in [4.78, 5) is 24.0. The number of ether oxygens (including phenoxy) is 2. The number of amides is 2. The van der Waals surface area contributed by atoms with Gasteiger partial charge in [-0.15, -0.1) is 0 Å². The molecule has 2 amide bonds. The van der Waals surface area contributed by atoms with Crippen LogP contribution in [0.5, 0.6) is 5.75 Å². The molecule has 0 aliphatic carbocycles. The molecule has 2 N–H and O–H groups in total. The third kappa shape index (κ3) is 4.61. The molecule has 0 aromatic heterocycles.